The van der Waals surface area contributed by atoms with Crippen molar-refractivity contribution in [2.75, 3.05) is 26.4 Å². The summed E-state index contributed by atoms with van der Waals surface area (Å²) in [6, 6.07) is 0.0985. The van der Waals surface area contributed by atoms with Crippen LogP contribution in [0, 0.1) is 0 Å². The molecule has 0 aromatic heterocycles. The number of amides is 1. The van der Waals surface area contributed by atoms with Gasteiger partial charge in [0.2, 0.25) is 0 Å². The van der Waals surface area contributed by atoms with Crippen molar-refractivity contribution < 1.29 is 19.4 Å². The first-order valence-electron chi connectivity index (χ1n) is 5.62. The standard InChI is InChI=1S/C11H21NO4/c1-11(2,3)16-10(14)12-5-4-9(12)8-15-7-6-13/h9,13H,4-8H2,1-3H3. The molecule has 5 nitrogen and oxygen atoms in total. The monoisotopic (exact) mass is 231 g/mol. The number of aliphatic hydroxyl groups excluding tert-OH is 1. The van der Waals surface area contributed by atoms with Gasteiger partial charge in [-0.15, -0.1) is 0 Å². The highest BCUT2D eigenvalue weighted by atomic mass is 16.6. The number of rotatable bonds is 4. The number of carbonyl (C=O) groups excluding carboxylic acids is 1. The van der Waals surface area contributed by atoms with E-state index in [9.17, 15) is 4.79 Å². The lowest BCUT2D eigenvalue weighted by Crippen LogP contribution is -2.54. The van der Waals surface area contributed by atoms with E-state index in [1.807, 2.05) is 20.8 Å². The van der Waals surface area contributed by atoms with Gasteiger partial charge in [-0.05, 0) is 27.2 Å². The molecule has 0 saturated carbocycles. The van der Waals surface area contributed by atoms with Gasteiger partial charge in [-0.3, -0.25) is 0 Å². The van der Waals surface area contributed by atoms with Crippen molar-refractivity contribution in [2.45, 2.75) is 38.8 Å². The SMILES string of the molecule is CC(C)(C)OC(=O)N1CCC1COCCO. The van der Waals surface area contributed by atoms with Crippen LogP contribution < -0.4 is 0 Å². The minimum Gasteiger partial charge on any atom is -0.444 e. The fourth-order valence-corrected chi connectivity index (χ4v) is 1.46. The van der Waals surface area contributed by atoms with Crippen LogP contribution in [-0.4, -0.2) is 54.1 Å². The predicted octanol–water partition coefficient (Wildman–Crippen LogP) is 1.00. The van der Waals surface area contributed by atoms with E-state index in [1.54, 1.807) is 4.90 Å². The van der Waals surface area contributed by atoms with Gasteiger partial charge in [0, 0.05) is 6.54 Å². The number of likely N-dealkylation sites (tertiary alicyclic amines) is 1. The van der Waals surface area contributed by atoms with Crippen LogP contribution in [0.3, 0.4) is 0 Å². The summed E-state index contributed by atoms with van der Waals surface area (Å²) in [6.07, 6.45) is 0.654. The van der Waals surface area contributed by atoms with E-state index >= 15 is 0 Å². The molecule has 5 heteroatoms. The molecule has 16 heavy (non-hydrogen) atoms. The van der Waals surface area contributed by atoms with Crippen molar-refractivity contribution in [1.82, 2.24) is 4.90 Å². The normalized spacial score (nSPS) is 20.5. The van der Waals surface area contributed by atoms with Crippen LogP contribution in [0.25, 0.3) is 0 Å². The van der Waals surface area contributed by atoms with Crippen LogP contribution in [-0.2, 0) is 9.47 Å². The molecule has 1 aliphatic heterocycles. The molecule has 0 spiro atoms. The van der Waals surface area contributed by atoms with Crippen LogP contribution >= 0.6 is 0 Å². The first kappa shape index (κ1) is 13.3. The Labute approximate surface area is 96.3 Å². The Morgan fingerprint density at radius 2 is 2.19 bits per heavy atom. The Morgan fingerprint density at radius 3 is 2.62 bits per heavy atom. The molecule has 1 fully saturated rings. The number of nitrogens with zero attached hydrogens (tertiary/aromatic N) is 1. The van der Waals surface area contributed by atoms with E-state index in [0.717, 1.165) is 13.0 Å². The summed E-state index contributed by atoms with van der Waals surface area (Å²) in [6.45, 7) is 7.07. The van der Waals surface area contributed by atoms with Gasteiger partial charge in [-0.2, -0.15) is 0 Å². The highest BCUT2D eigenvalue weighted by Crippen LogP contribution is 2.21. The second-order valence-corrected chi connectivity index (χ2v) is 4.91. The summed E-state index contributed by atoms with van der Waals surface area (Å²) in [5.74, 6) is 0. The zero-order valence-electron chi connectivity index (χ0n) is 10.2. The van der Waals surface area contributed by atoms with Crippen molar-refractivity contribution in [3.8, 4) is 0 Å². The van der Waals surface area contributed by atoms with Crippen molar-refractivity contribution in [3.05, 3.63) is 0 Å². The molecule has 1 atom stereocenters. The number of ether oxygens (including phenoxy) is 2. The Kier molecular flexibility index (Phi) is 4.56. The summed E-state index contributed by atoms with van der Waals surface area (Å²) in [7, 11) is 0. The molecule has 0 aromatic rings. The first-order valence-corrected chi connectivity index (χ1v) is 5.62. The van der Waals surface area contributed by atoms with E-state index in [1.165, 1.54) is 0 Å². The van der Waals surface area contributed by atoms with Gasteiger partial charge in [-0.25, -0.2) is 4.79 Å². The van der Waals surface area contributed by atoms with Crippen LogP contribution in [0.2, 0.25) is 0 Å². The Bertz CT molecular complexity index is 237. The van der Waals surface area contributed by atoms with Crippen LogP contribution in [0.1, 0.15) is 27.2 Å². The van der Waals surface area contributed by atoms with Gasteiger partial charge in [0.15, 0.2) is 0 Å². The largest absolute Gasteiger partial charge is 0.444 e. The van der Waals surface area contributed by atoms with Gasteiger partial charge >= 0.3 is 6.09 Å². The van der Waals surface area contributed by atoms with Crippen molar-refractivity contribution in [1.29, 1.82) is 0 Å². The molecule has 0 radical (unpaired) electrons. The maximum Gasteiger partial charge on any atom is 0.410 e. The third-order valence-electron chi connectivity index (χ3n) is 2.32. The molecule has 1 N–H and O–H groups in total. The summed E-state index contributed by atoms with van der Waals surface area (Å²) in [4.78, 5) is 13.4. The molecule has 0 aliphatic carbocycles. The minimum atomic E-state index is -0.455. The topological polar surface area (TPSA) is 59.0 Å². The molecule has 1 aliphatic rings. The van der Waals surface area contributed by atoms with Gasteiger partial charge < -0.3 is 19.5 Å². The van der Waals surface area contributed by atoms with E-state index in [-0.39, 0.29) is 18.7 Å². The second kappa shape index (κ2) is 5.50. The summed E-state index contributed by atoms with van der Waals surface area (Å²) >= 11 is 0. The third-order valence-corrected chi connectivity index (χ3v) is 2.32. The molecule has 0 bridgehead atoms. The Balaban J connectivity index is 2.29. The van der Waals surface area contributed by atoms with E-state index in [2.05, 4.69) is 0 Å². The van der Waals surface area contributed by atoms with Crippen LogP contribution in [0.5, 0.6) is 0 Å². The lowest BCUT2D eigenvalue weighted by Gasteiger charge is -2.41. The molecule has 1 saturated heterocycles. The zero-order valence-corrected chi connectivity index (χ0v) is 10.2. The second-order valence-electron chi connectivity index (χ2n) is 4.91. The lowest BCUT2D eigenvalue weighted by molar-refractivity contribution is -0.0315. The van der Waals surface area contributed by atoms with E-state index in [0.29, 0.717) is 13.2 Å². The summed E-state index contributed by atoms with van der Waals surface area (Å²) in [5, 5.41) is 8.57. The maximum absolute atomic E-state index is 11.7. The fourth-order valence-electron chi connectivity index (χ4n) is 1.46. The predicted molar refractivity (Wildman–Crippen MR) is 59.2 cm³/mol. The molecule has 0 aromatic carbocycles. The Hall–Kier alpha value is -0.810. The van der Waals surface area contributed by atoms with Gasteiger partial charge in [0.25, 0.3) is 0 Å². The van der Waals surface area contributed by atoms with Gasteiger partial charge in [-0.1, -0.05) is 0 Å². The lowest BCUT2D eigenvalue weighted by atomic mass is 10.1. The average molecular weight is 231 g/mol. The van der Waals surface area contributed by atoms with Gasteiger partial charge in [0.1, 0.15) is 5.60 Å². The highest BCUT2D eigenvalue weighted by Gasteiger charge is 2.35. The molecular weight excluding hydrogens is 210 g/mol. The quantitative estimate of drug-likeness (QED) is 0.733. The van der Waals surface area contributed by atoms with E-state index in [4.69, 9.17) is 14.6 Å². The number of carbonyl (C=O) groups is 1. The third kappa shape index (κ3) is 3.98. The molecular formula is C11H21NO4. The van der Waals surface area contributed by atoms with Crippen molar-refractivity contribution in [2.24, 2.45) is 0 Å². The van der Waals surface area contributed by atoms with Gasteiger partial charge in [0.05, 0.1) is 25.9 Å². The first-order chi connectivity index (χ1) is 7.44. The molecule has 1 heterocycles. The molecule has 94 valence electrons. The number of hydrogen-bond donors (Lipinski definition) is 1. The molecule has 1 amide bonds. The zero-order chi connectivity index (χ0) is 12.2. The average Bonchev–Trinajstić information content (AvgIpc) is 2.07. The highest BCUT2D eigenvalue weighted by molar-refractivity contribution is 5.69. The van der Waals surface area contributed by atoms with Crippen molar-refractivity contribution >= 4 is 6.09 Å². The number of aliphatic hydroxyl groups is 1. The summed E-state index contributed by atoms with van der Waals surface area (Å²) in [5.41, 5.74) is -0.455. The number of hydrogen-bond acceptors (Lipinski definition) is 4. The van der Waals surface area contributed by atoms with Crippen molar-refractivity contribution in [3.63, 3.8) is 0 Å². The van der Waals surface area contributed by atoms with E-state index < -0.39 is 5.60 Å². The van der Waals surface area contributed by atoms with Crippen LogP contribution in [0.4, 0.5) is 4.79 Å². The smallest absolute Gasteiger partial charge is 0.410 e. The summed E-state index contributed by atoms with van der Waals surface area (Å²) < 4.78 is 10.5. The Morgan fingerprint density at radius 1 is 1.50 bits per heavy atom. The van der Waals surface area contributed by atoms with Crippen LogP contribution in [0.15, 0.2) is 0 Å². The maximum atomic E-state index is 11.7. The molecule has 1 rings (SSSR count). The molecule has 1 unspecified atom stereocenters. The fraction of sp³-hybridized carbons (Fsp3) is 0.909. The minimum absolute atomic E-state index is 0.0131.